The summed E-state index contributed by atoms with van der Waals surface area (Å²) in [5.74, 6) is -0.649. The van der Waals surface area contributed by atoms with Crippen molar-refractivity contribution in [2.75, 3.05) is 17.7 Å². The number of amides is 1. The van der Waals surface area contributed by atoms with Gasteiger partial charge in [0, 0.05) is 23.8 Å². The SMILES string of the molecule is CCC[C@@H](Nc1nc(Nc2cncc(-c3cccc(OC)c3)c2)c(C(N)=O)cc1F)[C@H](C)N. The number of nitrogens with one attached hydrogen (secondary N) is 2. The number of ether oxygens (including phenoxy) is 1. The molecule has 0 aliphatic rings. The fraction of sp³-hybridized carbons (Fsp3) is 0.292. The Balaban J connectivity index is 1.96. The first kappa shape index (κ1) is 23.9. The van der Waals surface area contributed by atoms with E-state index in [0.717, 1.165) is 30.0 Å². The molecule has 0 saturated heterocycles. The van der Waals surface area contributed by atoms with Gasteiger partial charge in [-0.3, -0.25) is 9.78 Å². The maximum Gasteiger partial charge on any atom is 0.252 e. The van der Waals surface area contributed by atoms with Crippen LogP contribution in [0.3, 0.4) is 0 Å². The van der Waals surface area contributed by atoms with E-state index in [1.165, 1.54) is 0 Å². The Kier molecular flexibility index (Phi) is 7.78. The number of nitrogens with zero attached hydrogens (tertiary/aromatic N) is 2. The second-order valence-electron chi connectivity index (χ2n) is 7.80. The molecule has 1 amide bonds. The molecule has 6 N–H and O–H groups in total. The second kappa shape index (κ2) is 10.7. The molecule has 0 bridgehead atoms. The zero-order valence-corrected chi connectivity index (χ0v) is 18.9. The number of rotatable bonds is 10. The van der Waals surface area contributed by atoms with Crippen LogP contribution < -0.4 is 26.8 Å². The molecule has 2 aromatic heterocycles. The summed E-state index contributed by atoms with van der Waals surface area (Å²) in [6, 6.07) is 10.1. The van der Waals surface area contributed by atoms with E-state index in [4.69, 9.17) is 16.2 Å². The fourth-order valence-electron chi connectivity index (χ4n) is 3.43. The van der Waals surface area contributed by atoms with Crippen molar-refractivity contribution >= 4 is 23.2 Å². The predicted octanol–water partition coefficient (Wildman–Crippen LogP) is 4.06. The molecule has 1 aromatic carbocycles. The number of halogens is 1. The molecule has 174 valence electrons. The molecule has 0 saturated carbocycles. The first-order chi connectivity index (χ1) is 15.8. The lowest BCUT2D eigenvalue weighted by Crippen LogP contribution is -2.38. The average Bonchev–Trinajstić information content (AvgIpc) is 2.80. The molecule has 0 aliphatic carbocycles. The average molecular weight is 453 g/mol. The summed E-state index contributed by atoms with van der Waals surface area (Å²) < 4.78 is 20.0. The van der Waals surface area contributed by atoms with Gasteiger partial charge in [0.15, 0.2) is 11.6 Å². The molecule has 3 rings (SSSR count). The largest absolute Gasteiger partial charge is 0.497 e. The highest BCUT2D eigenvalue weighted by atomic mass is 19.1. The number of benzene rings is 1. The lowest BCUT2D eigenvalue weighted by molar-refractivity contribution is 0.100. The quantitative estimate of drug-likeness (QED) is 0.365. The van der Waals surface area contributed by atoms with Crippen molar-refractivity contribution in [3.8, 4) is 16.9 Å². The van der Waals surface area contributed by atoms with E-state index < -0.39 is 11.7 Å². The smallest absolute Gasteiger partial charge is 0.252 e. The molecule has 2 atom stereocenters. The zero-order chi connectivity index (χ0) is 24.0. The third-order valence-corrected chi connectivity index (χ3v) is 5.20. The standard InChI is InChI=1S/C24H29FN6O2/c1-4-6-21(14(2)26)30-24-20(25)11-19(22(27)32)23(31-24)29-17-9-16(12-28-13-17)15-7-5-8-18(10-15)33-3/h5,7-14,21H,4,6,26H2,1-3H3,(H2,27,32)(H2,29,30,31)/t14-,21+/m0/s1. The molecule has 9 heteroatoms. The van der Waals surface area contributed by atoms with Gasteiger partial charge in [-0.1, -0.05) is 25.5 Å². The highest BCUT2D eigenvalue weighted by Crippen LogP contribution is 2.28. The number of hydrogen-bond donors (Lipinski definition) is 4. The van der Waals surface area contributed by atoms with Crippen molar-refractivity contribution in [1.82, 2.24) is 9.97 Å². The van der Waals surface area contributed by atoms with Gasteiger partial charge >= 0.3 is 0 Å². The lowest BCUT2D eigenvalue weighted by atomic mass is 10.1. The third kappa shape index (κ3) is 5.95. The van der Waals surface area contributed by atoms with Crippen molar-refractivity contribution in [3.05, 3.63) is 60.2 Å². The van der Waals surface area contributed by atoms with Crippen LogP contribution in [0, 0.1) is 5.82 Å². The topological polar surface area (TPSA) is 128 Å². The molecule has 33 heavy (non-hydrogen) atoms. The van der Waals surface area contributed by atoms with Crippen molar-refractivity contribution in [3.63, 3.8) is 0 Å². The first-order valence-corrected chi connectivity index (χ1v) is 10.7. The van der Waals surface area contributed by atoms with Crippen molar-refractivity contribution < 1.29 is 13.9 Å². The Morgan fingerprint density at radius 3 is 2.64 bits per heavy atom. The van der Waals surface area contributed by atoms with Gasteiger partial charge < -0.3 is 26.8 Å². The van der Waals surface area contributed by atoms with Crippen LogP contribution in [0.2, 0.25) is 0 Å². The normalized spacial score (nSPS) is 12.6. The minimum absolute atomic E-state index is 0.00448. The van der Waals surface area contributed by atoms with Crippen LogP contribution in [0.4, 0.5) is 21.7 Å². The lowest BCUT2D eigenvalue weighted by Gasteiger charge is -2.23. The van der Waals surface area contributed by atoms with Crippen molar-refractivity contribution in [2.24, 2.45) is 11.5 Å². The van der Waals surface area contributed by atoms with E-state index in [1.54, 1.807) is 19.5 Å². The molecule has 2 heterocycles. The van der Waals surface area contributed by atoms with Gasteiger partial charge in [-0.15, -0.1) is 0 Å². The number of anilines is 3. The van der Waals surface area contributed by atoms with Crippen LogP contribution >= 0.6 is 0 Å². The summed E-state index contributed by atoms with van der Waals surface area (Å²) in [5.41, 5.74) is 13.7. The van der Waals surface area contributed by atoms with E-state index in [0.29, 0.717) is 11.4 Å². The minimum atomic E-state index is -0.801. The minimum Gasteiger partial charge on any atom is -0.497 e. The van der Waals surface area contributed by atoms with Crippen LogP contribution in [0.15, 0.2) is 48.8 Å². The number of nitrogens with two attached hydrogens (primary N) is 2. The third-order valence-electron chi connectivity index (χ3n) is 5.20. The summed E-state index contributed by atoms with van der Waals surface area (Å²) in [7, 11) is 1.60. The van der Waals surface area contributed by atoms with Crippen molar-refractivity contribution in [2.45, 2.75) is 38.8 Å². The Hall–Kier alpha value is -3.72. The summed E-state index contributed by atoms with van der Waals surface area (Å²) in [5, 5.41) is 6.11. The molecule has 8 nitrogen and oxygen atoms in total. The van der Waals surface area contributed by atoms with Crippen LogP contribution in [0.5, 0.6) is 5.75 Å². The summed E-state index contributed by atoms with van der Waals surface area (Å²) in [4.78, 5) is 20.6. The van der Waals surface area contributed by atoms with Gasteiger partial charge in [-0.25, -0.2) is 9.37 Å². The van der Waals surface area contributed by atoms with Gasteiger partial charge in [-0.2, -0.15) is 0 Å². The maximum atomic E-state index is 14.7. The van der Waals surface area contributed by atoms with Crippen LogP contribution in [0.25, 0.3) is 11.1 Å². The molecule has 0 radical (unpaired) electrons. The molecule has 0 aliphatic heterocycles. The monoisotopic (exact) mass is 452 g/mol. The van der Waals surface area contributed by atoms with E-state index in [9.17, 15) is 9.18 Å². The molecule has 0 fully saturated rings. The van der Waals surface area contributed by atoms with E-state index in [-0.39, 0.29) is 29.3 Å². The predicted molar refractivity (Wildman–Crippen MR) is 128 cm³/mol. The number of primary amides is 1. The number of pyridine rings is 2. The Bertz CT molecular complexity index is 1120. The number of carbonyl (C=O) groups is 1. The highest BCUT2D eigenvalue weighted by molar-refractivity contribution is 5.98. The molecule has 0 unspecified atom stereocenters. The van der Waals surface area contributed by atoms with Crippen molar-refractivity contribution in [1.29, 1.82) is 0 Å². The zero-order valence-electron chi connectivity index (χ0n) is 18.9. The van der Waals surface area contributed by atoms with Gasteiger partial charge in [0.05, 0.1) is 24.6 Å². The first-order valence-electron chi connectivity index (χ1n) is 10.7. The number of hydrogen-bond acceptors (Lipinski definition) is 7. The number of methoxy groups -OCH3 is 1. The highest BCUT2D eigenvalue weighted by Gasteiger charge is 2.20. The molecular formula is C24H29FN6O2. The molecule has 3 aromatic rings. The Morgan fingerprint density at radius 1 is 1.18 bits per heavy atom. The van der Waals surface area contributed by atoms with Crippen LogP contribution in [0.1, 0.15) is 37.0 Å². The number of aromatic nitrogens is 2. The second-order valence-corrected chi connectivity index (χ2v) is 7.80. The van der Waals surface area contributed by atoms with Gasteiger partial charge in [-0.05, 0) is 43.2 Å². The van der Waals surface area contributed by atoms with E-state index >= 15 is 0 Å². The molecule has 0 spiro atoms. The van der Waals surface area contributed by atoms with Gasteiger partial charge in [0.1, 0.15) is 11.6 Å². The summed E-state index contributed by atoms with van der Waals surface area (Å²) >= 11 is 0. The maximum absolute atomic E-state index is 14.7. The summed E-state index contributed by atoms with van der Waals surface area (Å²) in [6.45, 7) is 3.87. The van der Waals surface area contributed by atoms with E-state index in [2.05, 4.69) is 20.6 Å². The Morgan fingerprint density at radius 2 is 1.97 bits per heavy atom. The Labute approximate surface area is 192 Å². The van der Waals surface area contributed by atoms with Crippen LogP contribution in [-0.4, -0.2) is 35.1 Å². The van der Waals surface area contributed by atoms with Gasteiger partial charge in [0.2, 0.25) is 0 Å². The molecular weight excluding hydrogens is 423 g/mol. The fourth-order valence-corrected chi connectivity index (χ4v) is 3.43. The van der Waals surface area contributed by atoms with Gasteiger partial charge in [0.25, 0.3) is 5.91 Å². The summed E-state index contributed by atoms with van der Waals surface area (Å²) in [6.07, 6.45) is 4.89. The number of carbonyl (C=O) groups excluding carboxylic acids is 1. The van der Waals surface area contributed by atoms with Crippen LogP contribution in [-0.2, 0) is 0 Å². The van der Waals surface area contributed by atoms with E-state index in [1.807, 2.05) is 44.2 Å².